The van der Waals surface area contributed by atoms with Crippen molar-refractivity contribution in [3.8, 4) is 0 Å². The lowest BCUT2D eigenvalue weighted by atomic mass is 9.82. The van der Waals surface area contributed by atoms with Gasteiger partial charge in [0.2, 0.25) is 11.8 Å². The topological polar surface area (TPSA) is 69.6 Å². The molecule has 92 valence electrons. The normalized spacial score (nSPS) is 20.2. The van der Waals surface area contributed by atoms with Crippen LogP contribution in [0, 0.1) is 5.92 Å². The van der Waals surface area contributed by atoms with Gasteiger partial charge in [0, 0.05) is 6.92 Å². The third kappa shape index (κ3) is 2.52. The smallest absolute Gasteiger partial charge is 0.245 e. The summed E-state index contributed by atoms with van der Waals surface area (Å²) in [6, 6.07) is -0.519. The van der Waals surface area contributed by atoms with Crippen LogP contribution in [0.15, 0.2) is 0 Å². The highest BCUT2D eigenvalue weighted by atomic mass is 16.3. The predicted molar refractivity (Wildman–Crippen MR) is 59.6 cm³/mol. The lowest BCUT2D eigenvalue weighted by Crippen LogP contribution is -2.68. The maximum atomic E-state index is 11.8. The van der Waals surface area contributed by atoms with Crippen molar-refractivity contribution >= 4 is 11.8 Å². The Morgan fingerprint density at radius 1 is 1.31 bits per heavy atom. The Morgan fingerprint density at radius 2 is 1.81 bits per heavy atom. The van der Waals surface area contributed by atoms with E-state index in [1.807, 2.05) is 13.8 Å². The average Bonchev–Trinajstić information content (AvgIpc) is 2.10. The van der Waals surface area contributed by atoms with E-state index >= 15 is 0 Å². The summed E-state index contributed by atoms with van der Waals surface area (Å²) >= 11 is 0. The predicted octanol–water partition coefficient (Wildman–Crippen LogP) is -0.260. The van der Waals surface area contributed by atoms with Gasteiger partial charge in [0.05, 0.1) is 13.1 Å². The third-order valence-corrected chi connectivity index (χ3v) is 3.11. The molecule has 0 saturated carbocycles. The largest absolute Gasteiger partial charge is 0.386 e. The number of likely N-dealkylation sites (tertiary alicyclic amines) is 1. The minimum Gasteiger partial charge on any atom is -0.386 e. The summed E-state index contributed by atoms with van der Waals surface area (Å²) in [5, 5.41) is 12.5. The second-order valence-electron chi connectivity index (χ2n) is 4.87. The SMILES string of the molecule is CC(=O)NC(C)C(=O)N1CC(O)(C(C)C)C1. The molecule has 1 rings (SSSR count). The van der Waals surface area contributed by atoms with E-state index in [-0.39, 0.29) is 17.7 Å². The highest BCUT2D eigenvalue weighted by Gasteiger charge is 2.46. The van der Waals surface area contributed by atoms with Crippen molar-refractivity contribution < 1.29 is 14.7 Å². The Morgan fingerprint density at radius 3 is 2.19 bits per heavy atom. The number of hydrogen-bond donors (Lipinski definition) is 2. The van der Waals surface area contributed by atoms with Gasteiger partial charge in [-0.3, -0.25) is 9.59 Å². The molecule has 16 heavy (non-hydrogen) atoms. The zero-order valence-electron chi connectivity index (χ0n) is 10.3. The summed E-state index contributed by atoms with van der Waals surface area (Å²) < 4.78 is 0. The fourth-order valence-electron chi connectivity index (χ4n) is 1.78. The quantitative estimate of drug-likeness (QED) is 0.699. The van der Waals surface area contributed by atoms with Crippen LogP contribution >= 0.6 is 0 Å². The van der Waals surface area contributed by atoms with Crippen LogP contribution in [-0.4, -0.2) is 46.6 Å². The molecule has 0 aromatic rings. The van der Waals surface area contributed by atoms with Crippen LogP contribution < -0.4 is 5.32 Å². The van der Waals surface area contributed by atoms with Gasteiger partial charge in [-0.15, -0.1) is 0 Å². The summed E-state index contributed by atoms with van der Waals surface area (Å²) in [6.45, 7) is 7.60. The van der Waals surface area contributed by atoms with E-state index in [0.29, 0.717) is 13.1 Å². The second kappa shape index (κ2) is 4.41. The maximum absolute atomic E-state index is 11.8. The third-order valence-electron chi connectivity index (χ3n) is 3.11. The van der Waals surface area contributed by atoms with Crippen molar-refractivity contribution in [3.63, 3.8) is 0 Å². The number of nitrogens with zero attached hydrogens (tertiary/aromatic N) is 1. The van der Waals surface area contributed by atoms with Gasteiger partial charge in [0.25, 0.3) is 0 Å². The van der Waals surface area contributed by atoms with Crippen molar-refractivity contribution in [1.29, 1.82) is 0 Å². The van der Waals surface area contributed by atoms with E-state index in [1.165, 1.54) is 6.92 Å². The summed E-state index contributed by atoms with van der Waals surface area (Å²) in [7, 11) is 0. The molecule has 1 fully saturated rings. The number of nitrogens with one attached hydrogen (secondary N) is 1. The van der Waals surface area contributed by atoms with Crippen LogP contribution in [0.4, 0.5) is 0 Å². The van der Waals surface area contributed by atoms with Gasteiger partial charge in [-0.2, -0.15) is 0 Å². The number of rotatable bonds is 3. The van der Waals surface area contributed by atoms with Crippen molar-refractivity contribution in [1.82, 2.24) is 10.2 Å². The number of carbonyl (C=O) groups is 2. The fourth-order valence-corrected chi connectivity index (χ4v) is 1.78. The van der Waals surface area contributed by atoms with Gasteiger partial charge in [0.1, 0.15) is 11.6 Å². The zero-order valence-corrected chi connectivity index (χ0v) is 10.3. The van der Waals surface area contributed by atoms with Crippen molar-refractivity contribution in [2.24, 2.45) is 5.92 Å². The van der Waals surface area contributed by atoms with Gasteiger partial charge in [-0.05, 0) is 12.8 Å². The molecule has 1 unspecified atom stereocenters. The number of β-amino-alcohol motifs (C(OH)–C–C–N with tert-alkyl or cyclic N) is 1. The molecule has 1 saturated heterocycles. The molecule has 0 aromatic carbocycles. The standard InChI is InChI=1S/C11H20N2O3/c1-7(2)11(16)5-13(6-11)10(15)8(3)12-9(4)14/h7-8,16H,5-6H2,1-4H3,(H,12,14). The summed E-state index contributed by atoms with van der Waals surface area (Å²) in [4.78, 5) is 24.1. The van der Waals surface area contributed by atoms with Gasteiger partial charge < -0.3 is 15.3 Å². The number of carbonyl (C=O) groups excluding carboxylic acids is 2. The number of amides is 2. The molecule has 2 amide bonds. The first-order valence-corrected chi connectivity index (χ1v) is 5.54. The van der Waals surface area contributed by atoms with Crippen LogP contribution in [0.5, 0.6) is 0 Å². The molecule has 5 nitrogen and oxygen atoms in total. The number of hydrogen-bond acceptors (Lipinski definition) is 3. The summed E-state index contributed by atoms with van der Waals surface area (Å²) in [5.74, 6) is -0.228. The van der Waals surface area contributed by atoms with E-state index in [1.54, 1.807) is 11.8 Å². The lowest BCUT2D eigenvalue weighted by Gasteiger charge is -2.49. The highest BCUT2D eigenvalue weighted by Crippen LogP contribution is 2.28. The van der Waals surface area contributed by atoms with E-state index in [0.717, 1.165) is 0 Å². The van der Waals surface area contributed by atoms with Crippen LogP contribution in [-0.2, 0) is 9.59 Å². The van der Waals surface area contributed by atoms with E-state index in [9.17, 15) is 14.7 Å². The first-order chi connectivity index (χ1) is 7.26. The minimum atomic E-state index is -0.758. The van der Waals surface area contributed by atoms with Crippen molar-refractivity contribution in [2.75, 3.05) is 13.1 Å². The molecular formula is C11H20N2O3. The summed E-state index contributed by atoms with van der Waals surface area (Å²) in [6.07, 6.45) is 0. The van der Waals surface area contributed by atoms with E-state index < -0.39 is 11.6 Å². The maximum Gasteiger partial charge on any atom is 0.245 e. The Kier molecular flexibility index (Phi) is 3.57. The van der Waals surface area contributed by atoms with Crippen LogP contribution in [0.1, 0.15) is 27.7 Å². The van der Waals surface area contributed by atoms with Crippen LogP contribution in [0.3, 0.4) is 0 Å². The molecule has 5 heteroatoms. The first kappa shape index (κ1) is 13.0. The Labute approximate surface area is 95.8 Å². The molecule has 1 aliphatic heterocycles. The van der Waals surface area contributed by atoms with Crippen LogP contribution in [0.25, 0.3) is 0 Å². The highest BCUT2D eigenvalue weighted by molar-refractivity contribution is 5.87. The van der Waals surface area contributed by atoms with Crippen molar-refractivity contribution in [3.05, 3.63) is 0 Å². The van der Waals surface area contributed by atoms with Gasteiger partial charge in [-0.1, -0.05) is 13.8 Å². The molecule has 0 radical (unpaired) electrons. The van der Waals surface area contributed by atoms with Gasteiger partial charge in [-0.25, -0.2) is 0 Å². The zero-order chi connectivity index (χ0) is 12.5. The Hall–Kier alpha value is -1.10. The van der Waals surface area contributed by atoms with Crippen LogP contribution in [0.2, 0.25) is 0 Å². The fraction of sp³-hybridized carbons (Fsp3) is 0.818. The Bertz CT molecular complexity index is 296. The molecule has 0 aliphatic carbocycles. The second-order valence-corrected chi connectivity index (χ2v) is 4.87. The van der Waals surface area contributed by atoms with Crippen molar-refractivity contribution in [2.45, 2.75) is 39.3 Å². The summed E-state index contributed by atoms with van der Waals surface area (Å²) in [5.41, 5.74) is -0.758. The molecule has 1 aliphatic rings. The first-order valence-electron chi connectivity index (χ1n) is 5.54. The molecule has 0 spiro atoms. The monoisotopic (exact) mass is 228 g/mol. The van der Waals surface area contributed by atoms with E-state index in [4.69, 9.17) is 0 Å². The molecule has 2 N–H and O–H groups in total. The molecule has 0 bridgehead atoms. The molecular weight excluding hydrogens is 208 g/mol. The van der Waals surface area contributed by atoms with Gasteiger partial charge >= 0.3 is 0 Å². The molecule has 1 atom stereocenters. The van der Waals surface area contributed by atoms with E-state index in [2.05, 4.69) is 5.32 Å². The molecule has 0 aromatic heterocycles. The lowest BCUT2D eigenvalue weighted by molar-refractivity contribution is -0.165. The van der Waals surface area contributed by atoms with Gasteiger partial charge in [0.15, 0.2) is 0 Å². The Balaban J connectivity index is 2.45. The number of aliphatic hydroxyl groups is 1. The average molecular weight is 228 g/mol. The molecule has 1 heterocycles. The minimum absolute atomic E-state index is 0.132.